The van der Waals surface area contributed by atoms with Crippen molar-refractivity contribution in [2.24, 2.45) is 13.0 Å². The van der Waals surface area contributed by atoms with Crippen LogP contribution in [0.15, 0.2) is 12.3 Å². The van der Waals surface area contributed by atoms with Gasteiger partial charge in [0.1, 0.15) is 0 Å². The van der Waals surface area contributed by atoms with E-state index in [1.807, 2.05) is 17.9 Å². The smallest absolute Gasteiger partial charge is 0.0492 e. The second-order valence-electron chi connectivity index (χ2n) is 4.96. The molecule has 0 amide bonds. The fraction of sp³-hybridized carbons (Fsp3) is 0.769. The van der Waals surface area contributed by atoms with Crippen LogP contribution in [0.1, 0.15) is 19.0 Å². The number of aryl methyl sites for hydroxylation is 1. The SMILES string of the molecule is CCNCC1CCN(CCc2ccnn2C)C1. The van der Waals surface area contributed by atoms with Crippen molar-refractivity contribution in [3.05, 3.63) is 18.0 Å². The summed E-state index contributed by atoms with van der Waals surface area (Å²) in [7, 11) is 2.02. The Hall–Kier alpha value is -0.870. The molecule has 1 fully saturated rings. The summed E-state index contributed by atoms with van der Waals surface area (Å²) in [6.07, 6.45) is 4.34. The van der Waals surface area contributed by atoms with Gasteiger partial charge in [-0.1, -0.05) is 6.92 Å². The lowest BCUT2D eigenvalue weighted by Gasteiger charge is -2.16. The highest BCUT2D eigenvalue weighted by molar-refractivity contribution is 5.00. The topological polar surface area (TPSA) is 33.1 Å². The van der Waals surface area contributed by atoms with E-state index in [0.717, 1.165) is 18.9 Å². The number of nitrogens with zero attached hydrogens (tertiary/aromatic N) is 3. The fourth-order valence-corrected chi connectivity index (χ4v) is 2.55. The highest BCUT2D eigenvalue weighted by atomic mass is 15.3. The number of hydrogen-bond acceptors (Lipinski definition) is 3. The highest BCUT2D eigenvalue weighted by Crippen LogP contribution is 2.15. The molecule has 0 aromatic carbocycles. The first-order chi connectivity index (χ1) is 8.29. The molecule has 2 heterocycles. The van der Waals surface area contributed by atoms with Crippen molar-refractivity contribution in [2.75, 3.05) is 32.7 Å². The summed E-state index contributed by atoms with van der Waals surface area (Å²) in [5.74, 6) is 0.849. The molecule has 1 saturated heterocycles. The zero-order valence-corrected chi connectivity index (χ0v) is 11.0. The number of rotatable bonds is 6. The first-order valence-electron chi connectivity index (χ1n) is 6.69. The van der Waals surface area contributed by atoms with E-state index in [1.165, 1.54) is 38.3 Å². The molecule has 96 valence electrons. The molecule has 1 N–H and O–H groups in total. The average Bonchev–Trinajstić information content (AvgIpc) is 2.93. The van der Waals surface area contributed by atoms with Crippen LogP contribution in [0, 0.1) is 5.92 Å². The molecule has 1 aliphatic heterocycles. The molecule has 17 heavy (non-hydrogen) atoms. The number of nitrogens with one attached hydrogen (secondary N) is 1. The quantitative estimate of drug-likeness (QED) is 0.796. The predicted molar refractivity (Wildman–Crippen MR) is 70.0 cm³/mol. The molecule has 4 heteroatoms. The van der Waals surface area contributed by atoms with Gasteiger partial charge in [-0.15, -0.1) is 0 Å². The van der Waals surface area contributed by atoms with E-state index in [9.17, 15) is 0 Å². The first kappa shape index (κ1) is 12.6. The molecular weight excluding hydrogens is 212 g/mol. The summed E-state index contributed by atoms with van der Waals surface area (Å²) < 4.78 is 1.98. The zero-order valence-electron chi connectivity index (χ0n) is 11.0. The molecule has 0 spiro atoms. The molecule has 2 rings (SSSR count). The molecule has 0 aliphatic carbocycles. The lowest BCUT2D eigenvalue weighted by Crippen LogP contribution is -2.27. The Morgan fingerprint density at radius 2 is 2.41 bits per heavy atom. The molecule has 1 aromatic rings. The van der Waals surface area contributed by atoms with E-state index in [1.54, 1.807) is 0 Å². The van der Waals surface area contributed by atoms with E-state index < -0.39 is 0 Å². The lowest BCUT2D eigenvalue weighted by atomic mass is 10.1. The van der Waals surface area contributed by atoms with Gasteiger partial charge in [-0.05, 0) is 38.0 Å². The van der Waals surface area contributed by atoms with E-state index in [-0.39, 0.29) is 0 Å². The zero-order chi connectivity index (χ0) is 12.1. The van der Waals surface area contributed by atoms with Gasteiger partial charge in [0, 0.05) is 38.4 Å². The summed E-state index contributed by atoms with van der Waals surface area (Å²) in [6, 6.07) is 2.12. The van der Waals surface area contributed by atoms with Crippen LogP contribution in [0.2, 0.25) is 0 Å². The Labute approximate surface area is 104 Å². The minimum Gasteiger partial charge on any atom is -0.317 e. The van der Waals surface area contributed by atoms with E-state index in [4.69, 9.17) is 0 Å². The molecule has 0 saturated carbocycles. The summed E-state index contributed by atoms with van der Waals surface area (Å²) in [5.41, 5.74) is 1.33. The van der Waals surface area contributed by atoms with Gasteiger partial charge < -0.3 is 10.2 Å². The maximum absolute atomic E-state index is 4.21. The molecular formula is C13H24N4. The van der Waals surface area contributed by atoms with E-state index in [0.29, 0.717) is 0 Å². The van der Waals surface area contributed by atoms with Gasteiger partial charge in [0.25, 0.3) is 0 Å². The monoisotopic (exact) mass is 236 g/mol. The van der Waals surface area contributed by atoms with Gasteiger partial charge in [-0.2, -0.15) is 5.10 Å². The molecule has 0 radical (unpaired) electrons. The third-order valence-corrected chi connectivity index (χ3v) is 3.66. The normalized spacial score (nSPS) is 21.2. The van der Waals surface area contributed by atoms with Crippen LogP contribution < -0.4 is 5.32 Å². The maximum Gasteiger partial charge on any atom is 0.0492 e. The summed E-state index contributed by atoms with van der Waals surface area (Å²) in [4.78, 5) is 2.58. The average molecular weight is 236 g/mol. The Balaban J connectivity index is 1.69. The minimum absolute atomic E-state index is 0.849. The van der Waals surface area contributed by atoms with Crippen LogP contribution in [0.25, 0.3) is 0 Å². The van der Waals surface area contributed by atoms with Crippen molar-refractivity contribution in [1.82, 2.24) is 20.0 Å². The van der Waals surface area contributed by atoms with Crippen molar-refractivity contribution >= 4 is 0 Å². The molecule has 1 unspecified atom stereocenters. The Morgan fingerprint density at radius 1 is 1.53 bits per heavy atom. The Morgan fingerprint density at radius 3 is 3.12 bits per heavy atom. The van der Waals surface area contributed by atoms with Gasteiger partial charge in [0.15, 0.2) is 0 Å². The molecule has 1 aromatic heterocycles. The second kappa shape index (κ2) is 6.17. The van der Waals surface area contributed by atoms with Gasteiger partial charge in [-0.3, -0.25) is 4.68 Å². The second-order valence-corrected chi connectivity index (χ2v) is 4.96. The predicted octanol–water partition coefficient (Wildman–Crippen LogP) is 0.894. The summed E-state index contributed by atoms with van der Waals surface area (Å²) in [5, 5.41) is 7.65. The van der Waals surface area contributed by atoms with Crippen molar-refractivity contribution in [2.45, 2.75) is 19.8 Å². The van der Waals surface area contributed by atoms with Crippen LogP contribution in [-0.4, -0.2) is 47.4 Å². The number of hydrogen-bond donors (Lipinski definition) is 1. The van der Waals surface area contributed by atoms with Gasteiger partial charge >= 0.3 is 0 Å². The maximum atomic E-state index is 4.21. The van der Waals surface area contributed by atoms with Crippen molar-refractivity contribution in [3.63, 3.8) is 0 Å². The van der Waals surface area contributed by atoms with Crippen LogP contribution in [0.4, 0.5) is 0 Å². The van der Waals surface area contributed by atoms with Crippen LogP contribution >= 0.6 is 0 Å². The van der Waals surface area contributed by atoms with Gasteiger partial charge in [0.05, 0.1) is 0 Å². The lowest BCUT2D eigenvalue weighted by molar-refractivity contribution is 0.323. The molecule has 4 nitrogen and oxygen atoms in total. The Bertz CT molecular complexity index is 334. The third-order valence-electron chi connectivity index (χ3n) is 3.66. The highest BCUT2D eigenvalue weighted by Gasteiger charge is 2.21. The number of aromatic nitrogens is 2. The third kappa shape index (κ3) is 3.54. The van der Waals surface area contributed by atoms with E-state index in [2.05, 4.69) is 28.3 Å². The van der Waals surface area contributed by atoms with Crippen LogP contribution in [-0.2, 0) is 13.5 Å². The first-order valence-corrected chi connectivity index (χ1v) is 6.69. The fourth-order valence-electron chi connectivity index (χ4n) is 2.55. The van der Waals surface area contributed by atoms with Crippen molar-refractivity contribution in [3.8, 4) is 0 Å². The molecule has 1 atom stereocenters. The largest absolute Gasteiger partial charge is 0.317 e. The number of likely N-dealkylation sites (tertiary alicyclic amines) is 1. The Kier molecular flexibility index (Phi) is 4.57. The van der Waals surface area contributed by atoms with Gasteiger partial charge in [-0.25, -0.2) is 0 Å². The van der Waals surface area contributed by atoms with Crippen molar-refractivity contribution < 1.29 is 0 Å². The van der Waals surface area contributed by atoms with Crippen LogP contribution in [0.3, 0.4) is 0 Å². The van der Waals surface area contributed by atoms with Crippen LogP contribution in [0.5, 0.6) is 0 Å². The minimum atomic E-state index is 0.849. The summed E-state index contributed by atoms with van der Waals surface area (Å²) in [6.45, 7) is 8.13. The van der Waals surface area contributed by atoms with Crippen molar-refractivity contribution in [1.29, 1.82) is 0 Å². The van der Waals surface area contributed by atoms with Gasteiger partial charge in [0.2, 0.25) is 0 Å². The standard InChI is InChI=1S/C13H24N4/c1-3-14-10-12-5-8-17(11-12)9-6-13-4-7-15-16(13)2/h4,7,12,14H,3,5-6,8-11H2,1-2H3. The molecule has 1 aliphatic rings. The molecule has 0 bridgehead atoms. The van der Waals surface area contributed by atoms with E-state index >= 15 is 0 Å². The summed E-state index contributed by atoms with van der Waals surface area (Å²) >= 11 is 0.